The molecule has 0 aliphatic carbocycles. The lowest BCUT2D eigenvalue weighted by molar-refractivity contribution is 0.0978. The third-order valence-electron chi connectivity index (χ3n) is 4.34. The number of aromatic nitrogens is 2. The molecule has 9 heteroatoms. The normalized spacial score (nSPS) is 15.0. The van der Waals surface area contributed by atoms with E-state index in [1.807, 2.05) is 13.8 Å². The van der Waals surface area contributed by atoms with E-state index in [0.29, 0.717) is 27.9 Å². The molecule has 0 unspecified atom stereocenters. The molecule has 1 amide bonds. The van der Waals surface area contributed by atoms with E-state index in [9.17, 15) is 13.2 Å². The van der Waals surface area contributed by atoms with Gasteiger partial charge < -0.3 is 9.84 Å². The fourth-order valence-corrected chi connectivity index (χ4v) is 4.14. The molecule has 0 saturated carbocycles. The number of amides is 1. The summed E-state index contributed by atoms with van der Waals surface area (Å²) in [5.41, 5.74) is 2.14. The Morgan fingerprint density at radius 1 is 1.22 bits per heavy atom. The molecule has 1 N–H and O–H groups in total. The molecule has 0 bridgehead atoms. The summed E-state index contributed by atoms with van der Waals surface area (Å²) >= 11 is 0. The minimum absolute atomic E-state index is 0.000710. The molecule has 27 heavy (non-hydrogen) atoms. The van der Waals surface area contributed by atoms with E-state index in [4.69, 9.17) is 4.52 Å². The van der Waals surface area contributed by atoms with Gasteiger partial charge in [0.1, 0.15) is 4.90 Å². The number of hydrogen-bond donors (Lipinski definition) is 1. The van der Waals surface area contributed by atoms with Crippen LogP contribution in [-0.4, -0.2) is 30.3 Å². The zero-order valence-corrected chi connectivity index (χ0v) is 15.7. The second-order valence-electron chi connectivity index (χ2n) is 6.56. The van der Waals surface area contributed by atoms with E-state index in [0.717, 1.165) is 0 Å². The van der Waals surface area contributed by atoms with Gasteiger partial charge in [0.2, 0.25) is 0 Å². The summed E-state index contributed by atoms with van der Waals surface area (Å²) in [6.07, 6.45) is 0. The standard InChI is InChI=1S/C18H16N4O4S/c1-9(2)13-8-12(15-10(3)21-26-18(15)19-13)17(23)20-16-11-6-4-5-7-14(11)27(24,25)22-16/h4-9H,1-3H3,(H,20,22,23). The summed E-state index contributed by atoms with van der Waals surface area (Å²) < 4.78 is 33.3. The maximum Gasteiger partial charge on any atom is 0.285 e. The Kier molecular flexibility index (Phi) is 3.84. The van der Waals surface area contributed by atoms with Crippen LogP contribution in [0.4, 0.5) is 0 Å². The van der Waals surface area contributed by atoms with Crippen molar-refractivity contribution in [3.8, 4) is 0 Å². The topological polar surface area (TPSA) is 115 Å². The van der Waals surface area contributed by atoms with Gasteiger partial charge in [-0.05, 0) is 31.0 Å². The maximum absolute atomic E-state index is 13.0. The van der Waals surface area contributed by atoms with Crippen LogP contribution < -0.4 is 5.32 Å². The maximum atomic E-state index is 13.0. The Bertz CT molecular complexity index is 1230. The van der Waals surface area contributed by atoms with Crippen LogP contribution in [0.25, 0.3) is 11.1 Å². The van der Waals surface area contributed by atoms with Crippen molar-refractivity contribution in [1.29, 1.82) is 0 Å². The molecule has 0 fully saturated rings. The van der Waals surface area contributed by atoms with Gasteiger partial charge in [-0.2, -0.15) is 8.42 Å². The molecule has 3 heterocycles. The van der Waals surface area contributed by atoms with Crippen molar-refractivity contribution in [3.63, 3.8) is 0 Å². The third-order valence-corrected chi connectivity index (χ3v) is 5.67. The minimum Gasteiger partial charge on any atom is -0.336 e. The number of benzene rings is 1. The molecule has 0 atom stereocenters. The van der Waals surface area contributed by atoms with Gasteiger partial charge in [0, 0.05) is 11.3 Å². The Labute approximate surface area is 155 Å². The number of aryl methyl sites for hydroxylation is 1. The zero-order chi connectivity index (χ0) is 19.3. The predicted molar refractivity (Wildman–Crippen MR) is 98.3 cm³/mol. The number of nitrogens with zero attached hydrogens (tertiary/aromatic N) is 3. The second-order valence-corrected chi connectivity index (χ2v) is 8.14. The molecule has 0 radical (unpaired) electrons. The molecule has 1 aromatic carbocycles. The number of carbonyl (C=O) groups excluding carboxylic acids is 1. The largest absolute Gasteiger partial charge is 0.336 e. The lowest BCUT2D eigenvalue weighted by Crippen LogP contribution is -2.30. The van der Waals surface area contributed by atoms with Crippen LogP contribution in [0.5, 0.6) is 0 Å². The smallest absolute Gasteiger partial charge is 0.285 e. The fourth-order valence-electron chi connectivity index (χ4n) is 2.96. The van der Waals surface area contributed by atoms with E-state index in [1.54, 1.807) is 31.2 Å². The van der Waals surface area contributed by atoms with Crippen LogP contribution in [0, 0.1) is 6.92 Å². The summed E-state index contributed by atoms with van der Waals surface area (Å²) in [4.78, 5) is 17.4. The Morgan fingerprint density at radius 2 is 1.96 bits per heavy atom. The van der Waals surface area contributed by atoms with Gasteiger partial charge in [0.05, 0.1) is 16.6 Å². The van der Waals surface area contributed by atoms with E-state index < -0.39 is 15.9 Å². The highest BCUT2D eigenvalue weighted by atomic mass is 32.2. The molecule has 2 aromatic heterocycles. The molecule has 1 aliphatic rings. The third kappa shape index (κ3) is 2.80. The van der Waals surface area contributed by atoms with E-state index in [2.05, 4.69) is 19.9 Å². The van der Waals surface area contributed by atoms with Crippen molar-refractivity contribution in [2.75, 3.05) is 0 Å². The fraction of sp³-hybridized carbons (Fsp3) is 0.222. The number of fused-ring (bicyclic) bond motifs is 2. The van der Waals surface area contributed by atoms with Crippen LogP contribution in [0.2, 0.25) is 0 Å². The summed E-state index contributed by atoms with van der Waals surface area (Å²) in [6.45, 7) is 5.61. The first-order chi connectivity index (χ1) is 12.8. The first-order valence-corrected chi connectivity index (χ1v) is 9.74. The van der Waals surface area contributed by atoms with Gasteiger partial charge >= 0.3 is 0 Å². The highest BCUT2D eigenvalue weighted by Gasteiger charge is 2.30. The highest BCUT2D eigenvalue weighted by Crippen LogP contribution is 2.27. The number of carbonyl (C=O) groups is 1. The lowest BCUT2D eigenvalue weighted by atomic mass is 10.0. The zero-order valence-electron chi connectivity index (χ0n) is 14.8. The Hall–Kier alpha value is -3.07. The molecule has 138 valence electrons. The number of hydrogen-bond acceptors (Lipinski definition) is 6. The van der Waals surface area contributed by atoms with Crippen molar-refractivity contribution in [3.05, 3.63) is 52.8 Å². The summed E-state index contributed by atoms with van der Waals surface area (Å²) in [7, 11) is -3.81. The molecule has 0 saturated heterocycles. The number of sulfonamides is 1. The molecule has 1 aliphatic heterocycles. The predicted octanol–water partition coefficient (Wildman–Crippen LogP) is 2.53. The van der Waals surface area contributed by atoms with Crippen LogP contribution >= 0.6 is 0 Å². The number of nitrogens with one attached hydrogen (secondary N) is 1. The Balaban J connectivity index is 1.80. The SMILES string of the molecule is Cc1noc2nc(C(C)C)cc(C(=O)NC3=NS(=O)(=O)c4ccccc43)c12. The summed E-state index contributed by atoms with van der Waals surface area (Å²) in [5, 5.41) is 7.00. The van der Waals surface area contributed by atoms with E-state index >= 15 is 0 Å². The van der Waals surface area contributed by atoms with Crippen molar-refractivity contribution in [1.82, 2.24) is 15.5 Å². The van der Waals surface area contributed by atoms with Crippen molar-refractivity contribution in [2.45, 2.75) is 31.6 Å². The van der Waals surface area contributed by atoms with Crippen LogP contribution in [0.3, 0.4) is 0 Å². The number of amidine groups is 1. The van der Waals surface area contributed by atoms with Gasteiger partial charge in [0.25, 0.3) is 21.6 Å². The van der Waals surface area contributed by atoms with Crippen LogP contribution in [0.1, 0.15) is 47.1 Å². The van der Waals surface area contributed by atoms with Crippen molar-refractivity contribution in [2.24, 2.45) is 4.40 Å². The Morgan fingerprint density at radius 3 is 2.70 bits per heavy atom. The number of rotatable bonds is 2. The molecule has 3 aromatic rings. The van der Waals surface area contributed by atoms with Crippen LogP contribution in [0.15, 0.2) is 44.1 Å². The van der Waals surface area contributed by atoms with Crippen LogP contribution in [-0.2, 0) is 10.0 Å². The summed E-state index contributed by atoms with van der Waals surface area (Å²) in [6, 6.07) is 8.03. The average Bonchev–Trinajstić information content (AvgIpc) is 3.12. The van der Waals surface area contributed by atoms with Gasteiger partial charge in [0.15, 0.2) is 5.84 Å². The van der Waals surface area contributed by atoms with Gasteiger partial charge in [-0.1, -0.05) is 31.1 Å². The first kappa shape index (κ1) is 17.3. The molecule has 0 spiro atoms. The van der Waals surface area contributed by atoms with E-state index in [1.165, 1.54) is 6.07 Å². The monoisotopic (exact) mass is 384 g/mol. The van der Waals surface area contributed by atoms with Gasteiger partial charge in [-0.3, -0.25) is 4.79 Å². The first-order valence-electron chi connectivity index (χ1n) is 8.30. The van der Waals surface area contributed by atoms with Gasteiger partial charge in [-0.25, -0.2) is 4.98 Å². The molecule has 8 nitrogen and oxygen atoms in total. The van der Waals surface area contributed by atoms with E-state index in [-0.39, 0.29) is 22.4 Å². The van der Waals surface area contributed by atoms with Gasteiger partial charge in [-0.15, -0.1) is 4.40 Å². The van der Waals surface area contributed by atoms with Crippen molar-refractivity contribution < 1.29 is 17.7 Å². The highest BCUT2D eigenvalue weighted by molar-refractivity contribution is 7.90. The number of pyridine rings is 1. The minimum atomic E-state index is -3.81. The quantitative estimate of drug-likeness (QED) is 0.726. The average molecular weight is 384 g/mol. The lowest BCUT2D eigenvalue weighted by Gasteiger charge is -2.09. The second kappa shape index (κ2) is 5.98. The molecular weight excluding hydrogens is 368 g/mol. The summed E-state index contributed by atoms with van der Waals surface area (Å²) in [5.74, 6) is -0.432. The molecule has 4 rings (SSSR count). The molecular formula is C18H16N4O4S. The van der Waals surface area contributed by atoms with Crippen molar-refractivity contribution >= 4 is 32.9 Å².